The number of nitrogens with two attached hydrogens (primary N) is 1. The van der Waals surface area contributed by atoms with Gasteiger partial charge in [0.1, 0.15) is 5.69 Å². The predicted molar refractivity (Wildman–Crippen MR) is 93.8 cm³/mol. The molecule has 26 heavy (non-hydrogen) atoms. The molecule has 0 bridgehead atoms. The number of amides is 2. The summed E-state index contributed by atoms with van der Waals surface area (Å²) in [4.78, 5) is 28.8. The van der Waals surface area contributed by atoms with Gasteiger partial charge in [0, 0.05) is 24.2 Å². The second-order valence-corrected chi connectivity index (χ2v) is 6.75. The molecule has 0 aliphatic heterocycles. The molecule has 3 rings (SSSR count). The predicted octanol–water partition coefficient (Wildman–Crippen LogP) is 0.695. The van der Waals surface area contributed by atoms with Crippen molar-refractivity contribution in [1.29, 1.82) is 0 Å². The van der Waals surface area contributed by atoms with Gasteiger partial charge in [-0.15, -0.1) is 10.2 Å². The molecule has 138 valence electrons. The van der Waals surface area contributed by atoms with E-state index in [9.17, 15) is 9.59 Å². The summed E-state index contributed by atoms with van der Waals surface area (Å²) in [6.07, 6.45) is 3.71. The molecule has 0 spiro atoms. The van der Waals surface area contributed by atoms with Crippen LogP contribution in [-0.4, -0.2) is 44.1 Å². The minimum absolute atomic E-state index is 0.113. The smallest absolute Gasteiger partial charge is 0.267 e. The van der Waals surface area contributed by atoms with Crippen LogP contribution >= 0.6 is 0 Å². The number of nitrogens with zero attached hydrogens (tertiary/aromatic N) is 5. The molecule has 1 aliphatic rings. The zero-order chi connectivity index (χ0) is 18.7. The monoisotopic (exact) mass is 357 g/mol. The van der Waals surface area contributed by atoms with Crippen molar-refractivity contribution < 1.29 is 9.59 Å². The average molecular weight is 357 g/mol. The highest BCUT2D eigenvalue weighted by molar-refractivity contribution is 5.91. The number of nitrogens with one attached hydrogen (secondary N) is 1. The molecule has 1 fully saturated rings. The van der Waals surface area contributed by atoms with Crippen molar-refractivity contribution >= 4 is 11.8 Å². The zero-order valence-electron chi connectivity index (χ0n) is 15.0. The number of carbonyl (C=O) groups is 2. The number of hydrogen-bond donors (Lipinski definition) is 2. The molecule has 0 aromatic carbocycles. The Labute approximate surface area is 151 Å². The van der Waals surface area contributed by atoms with Crippen LogP contribution in [0.4, 0.5) is 0 Å². The van der Waals surface area contributed by atoms with Gasteiger partial charge in [0.25, 0.3) is 5.91 Å². The number of primary amides is 1. The first-order valence-corrected chi connectivity index (χ1v) is 8.74. The van der Waals surface area contributed by atoms with E-state index in [1.54, 1.807) is 30.9 Å². The van der Waals surface area contributed by atoms with Crippen molar-refractivity contribution in [2.45, 2.75) is 39.2 Å². The number of pyridine rings is 1. The van der Waals surface area contributed by atoms with Crippen LogP contribution in [0.2, 0.25) is 0 Å². The van der Waals surface area contributed by atoms with E-state index >= 15 is 0 Å². The molecule has 0 atom stereocenters. The fraction of sp³-hybridized carbons (Fsp3) is 0.529. The Morgan fingerprint density at radius 1 is 1.27 bits per heavy atom. The van der Waals surface area contributed by atoms with Gasteiger partial charge in [-0.3, -0.25) is 9.59 Å². The van der Waals surface area contributed by atoms with Gasteiger partial charge in [-0.1, -0.05) is 0 Å². The van der Waals surface area contributed by atoms with E-state index in [2.05, 4.69) is 25.7 Å². The number of aromatic nitrogens is 5. The highest BCUT2D eigenvalue weighted by Crippen LogP contribution is 2.29. The molecule has 2 aromatic heterocycles. The molecule has 0 unspecified atom stereocenters. The largest absolute Gasteiger partial charge is 0.364 e. The fourth-order valence-electron chi connectivity index (χ4n) is 3.40. The highest BCUT2D eigenvalue weighted by atomic mass is 16.2. The highest BCUT2D eigenvalue weighted by Gasteiger charge is 2.26. The fourth-order valence-corrected chi connectivity index (χ4v) is 3.40. The molecule has 2 aromatic rings. The molecule has 0 saturated heterocycles. The number of carbonyl (C=O) groups excluding carboxylic acids is 2. The van der Waals surface area contributed by atoms with Crippen LogP contribution in [0.1, 0.15) is 41.9 Å². The van der Waals surface area contributed by atoms with Crippen LogP contribution < -0.4 is 11.1 Å². The molecule has 3 N–H and O–H groups in total. The molecular formula is C17H23N7O2. The van der Waals surface area contributed by atoms with Crippen molar-refractivity contribution in [3.05, 3.63) is 23.5 Å². The van der Waals surface area contributed by atoms with Crippen LogP contribution in [-0.2, 0) is 11.3 Å². The second kappa shape index (κ2) is 7.59. The average Bonchev–Trinajstić information content (AvgIpc) is 3.09. The number of tetrazole rings is 1. The summed E-state index contributed by atoms with van der Waals surface area (Å²) in [5.41, 5.74) is 6.83. The molecule has 2 amide bonds. The molecule has 1 aliphatic carbocycles. The first-order valence-electron chi connectivity index (χ1n) is 8.74. The summed E-state index contributed by atoms with van der Waals surface area (Å²) in [7, 11) is 1.68. The maximum absolute atomic E-state index is 11.7. The van der Waals surface area contributed by atoms with Gasteiger partial charge in [-0.05, 0) is 55.9 Å². The lowest BCUT2D eigenvalue weighted by molar-refractivity contribution is -0.125. The van der Waals surface area contributed by atoms with E-state index in [4.69, 9.17) is 5.73 Å². The van der Waals surface area contributed by atoms with Crippen molar-refractivity contribution in [2.75, 3.05) is 7.05 Å². The lowest BCUT2D eigenvalue weighted by atomic mass is 9.81. The van der Waals surface area contributed by atoms with Gasteiger partial charge in [-0.2, -0.15) is 4.80 Å². The standard InChI is InChI=1S/C17H23N7O2/c1-10-7-13(8-14(20-10)15(18)25)16-21-23-24(22-16)9-11-3-5-12(6-4-11)17(26)19-2/h7-8,11-12H,3-6,9H2,1-2H3,(H2,18,25)(H,19,26). The zero-order valence-corrected chi connectivity index (χ0v) is 15.0. The molecule has 0 radical (unpaired) electrons. The van der Waals surface area contributed by atoms with E-state index < -0.39 is 5.91 Å². The molecule has 9 nitrogen and oxygen atoms in total. The summed E-state index contributed by atoms with van der Waals surface area (Å²) in [6.45, 7) is 2.45. The number of rotatable bonds is 5. The van der Waals surface area contributed by atoms with Gasteiger partial charge in [0.05, 0.1) is 6.54 Å². The third kappa shape index (κ3) is 4.04. The lowest BCUT2D eigenvalue weighted by Gasteiger charge is -2.26. The van der Waals surface area contributed by atoms with Gasteiger partial charge >= 0.3 is 0 Å². The Hall–Kier alpha value is -2.84. The van der Waals surface area contributed by atoms with Crippen LogP contribution in [0, 0.1) is 18.8 Å². The third-order valence-electron chi connectivity index (χ3n) is 4.80. The van der Waals surface area contributed by atoms with Gasteiger partial charge in [0.15, 0.2) is 0 Å². The second-order valence-electron chi connectivity index (χ2n) is 6.75. The van der Waals surface area contributed by atoms with Gasteiger partial charge in [-0.25, -0.2) is 4.98 Å². The van der Waals surface area contributed by atoms with Crippen molar-refractivity contribution in [3.8, 4) is 11.4 Å². The van der Waals surface area contributed by atoms with E-state index in [0.29, 0.717) is 29.5 Å². The normalized spacial score (nSPS) is 19.9. The first-order chi connectivity index (χ1) is 12.5. The Morgan fingerprint density at radius 2 is 2.00 bits per heavy atom. The molecule has 9 heteroatoms. The van der Waals surface area contributed by atoms with E-state index in [1.807, 2.05) is 0 Å². The summed E-state index contributed by atoms with van der Waals surface area (Å²) in [5, 5.41) is 15.4. The topological polar surface area (TPSA) is 129 Å². The Balaban J connectivity index is 1.66. The number of hydrogen-bond acceptors (Lipinski definition) is 6. The van der Waals surface area contributed by atoms with Crippen LogP contribution in [0.15, 0.2) is 12.1 Å². The minimum Gasteiger partial charge on any atom is -0.364 e. The molecular weight excluding hydrogens is 334 g/mol. The summed E-state index contributed by atoms with van der Waals surface area (Å²) < 4.78 is 0. The quantitative estimate of drug-likeness (QED) is 0.810. The summed E-state index contributed by atoms with van der Waals surface area (Å²) >= 11 is 0. The summed E-state index contributed by atoms with van der Waals surface area (Å²) in [5.74, 6) is 0.524. The van der Waals surface area contributed by atoms with Gasteiger partial charge < -0.3 is 11.1 Å². The van der Waals surface area contributed by atoms with E-state index in [1.165, 1.54) is 0 Å². The third-order valence-corrected chi connectivity index (χ3v) is 4.80. The Kier molecular flexibility index (Phi) is 5.24. The summed E-state index contributed by atoms with van der Waals surface area (Å²) in [6, 6.07) is 3.37. The Morgan fingerprint density at radius 3 is 2.65 bits per heavy atom. The first kappa shape index (κ1) is 18.0. The van der Waals surface area contributed by atoms with Crippen molar-refractivity contribution in [3.63, 3.8) is 0 Å². The number of aryl methyl sites for hydroxylation is 1. The van der Waals surface area contributed by atoms with Crippen LogP contribution in [0.25, 0.3) is 11.4 Å². The SMILES string of the molecule is CNC(=O)C1CCC(Cn2nnc(-c3cc(C)nc(C(N)=O)c3)n2)CC1. The van der Waals surface area contributed by atoms with E-state index in [-0.39, 0.29) is 17.5 Å². The van der Waals surface area contributed by atoms with Crippen molar-refractivity contribution in [1.82, 2.24) is 30.5 Å². The maximum atomic E-state index is 11.7. The van der Waals surface area contributed by atoms with Crippen LogP contribution in [0.5, 0.6) is 0 Å². The maximum Gasteiger partial charge on any atom is 0.267 e. The Bertz CT molecular complexity index is 809. The van der Waals surface area contributed by atoms with Crippen LogP contribution in [0.3, 0.4) is 0 Å². The van der Waals surface area contributed by atoms with Gasteiger partial charge in [0.2, 0.25) is 11.7 Å². The molecule has 2 heterocycles. The van der Waals surface area contributed by atoms with E-state index in [0.717, 1.165) is 25.7 Å². The lowest BCUT2D eigenvalue weighted by Crippen LogP contribution is -2.31. The molecule has 1 saturated carbocycles. The van der Waals surface area contributed by atoms with Crippen molar-refractivity contribution in [2.24, 2.45) is 17.6 Å². The minimum atomic E-state index is -0.588.